The van der Waals surface area contributed by atoms with Gasteiger partial charge in [0.15, 0.2) is 0 Å². The Morgan fingerprint density at radius 3 is 2.21 bits per heavy atom. The summed E-state index contributed by atoms with van der Waals surface area (Å²) >= 11 is 5.56. The van der Waals surface area contributed by atoms with Crippen LogP contribution in [0.15, 0.2) is 24.3 Å². The highest BCUT2D eigenvalue weighted by Gasteiger charge is 2.17. The molecule has 0 radical (unpaired) electrons. The van der Waals surface area contributed by atoms with Crippen molar-refractivity contribution in [3.8, 4) is 0 Å². The second-order valence-electron chi connectivity index (χ2n) is 2.49. The number of carbonyl (C=O) groups excluding carboxylic acids is 1. The number of amides is 1. The first kappa shape index (κ1) is 11.2. The lowest BCUT2D eigenvalue weighted by molar-refractivity contribution is 0.0972. The minimum atomic E-state index is -4.53. The van der Waals surface area contributed by atoms with Gasteiger partial charge in [-0.2, -0.15) is 0 Å². The van der Waals surface area contributed by atoms with Gasteiger partial charge in [0.2, 0.25) is 0 Å². The molecule has 5 nitrogen and oxygen atoms in total. The van der Waals surface area contributed by atoms with Crippen molar-refractivity contribution >= 4 is 25.3 Å². The van der Waals surface area contributed by atoms with E-state index in [1.54, 1.807) is 0 Å². The maximum absolute atomic E-state index is 11.1. The first-order valence-electron chi connectivity index (χ1n) is 3.52. The molecule has 0 fully saturated rings. The molecule has 0 heterocycles. The second kappa shape index (κ2) is 4.11. The largest absolute Gasteiger partial charge is 0.430 e. The molecular formula is C7H7ClNO4P. The highest BCUT2D eigenvalue weighted by molar-refractivity contribution is 7.50. The molecule has 7 heteroatoms. The minimum absolute atomic E-state index is 0.137. The van der Waals surface area contributed by atoms with Crippen LogP contribution in [0.2, 0.25) is 5.02 Å². The highest BCUT2D eigenvalue weighted by Crippen LogP contribution is 2.28. The normalized spacial score (nSPS) is 11.1. The topological polar surface area (TPSA) is 86.6 Å². The fourth-order valence-electron chi connectivity index (χ4n) is 0.798. The number of hydrogen-bond donors (Lipinski definition) is 3. The standard InChI is InChI=1S/C7H7ClNO4P/c8-6-3-1-5(2-4-6)7(10)9-14(11,12)13/h1-4H,(H3,9,10,11,12,13). The summed E-state index contributed by atoms with van der Waals surface area (Å²) in [4.78, 5) is 28.0. The summed E-state index contributed by atoms with van der Waals surface area (Å²) in [7, 11) is -4.53. The number of rotatable bonds is 2. The molecule has 0 unspecified atom stereocenters. The van der Waals surface area contributed by atoms with Gasteiger partial charge in [-0.25, -0.2) is 4.57 Å². The van der Waals surface area contributed by atoms with Crippen molar-refractivity contribution in [3.63, 3.8) is 0 Å². The quantitative estimate of drug-likeness (QED) is 0.672. The van der Waals surface area contributed by atoms with Crippen molar-refractivity contribution in [2.24, 2.45) is 0 Å². The van der Waals surface area contributed by atoms with Crippen molar-refractivity contribution in [2.75, 3.05) is 0 Å². The van der Waals surface area contributed by atoms with E-state index in [0.29, 0.717) is 5.02 Å². The predicted molar refractivity (Wildman–Crippen MR) is 51.0 cm³/mol. The van der Waals surface area contributed by atoms with Gasteiger partial charge < -0.3 is 9.79 Å². The third-order valence-corrected chi connectivity index (χ3v) is 2.10. The van der Waals surface area contributed by atoms with Crippen LogP contribution in [0.1, 0.15) is 10.4 Å². The molecule has 3 N–H and O–H groups in total. The number of benzene rings is 1. The van der Waals surface area contributed by atoms with Gasteiger partial charge in [0, 0.05) is 10.6 Å². The Morgan fingerprint density at radius 1 is 1.29 bits per heavy atom. The number of hydrogen-bond acceptors (Lipinski definition) is 2. The fraction of sp³-hybridized carbons (Fsp3) is 0. The monoisotopic (exact) mass is 235 g/mol. The Labute approximate surface area is 84.9 Å². The van der Waals surface area contributed by atoms with Gasteiger partial charge in [-0.3, -0.25) is 9.88 Å². The summed E-state index contributed by atoms with van der Waals surface area (Å²) in [5.74, 6) is -0.838. The lowest BCUT2D eigenvalue weighted by atomic mass is 10.2. The summed E-state index contributed by atoms with van der Waals surface area (Å²) in [6.45, 7) is 0. The number of carbonyl (C=O) groups is 1. The molecule has 0 aromatic heterocycles. The average molecular weight is 236 g/mol. The second-order valence-corrected chi connectivity index (χ2v) is 4.24. The smallest absolute Gasteiger partial charge is 0.308 e. The molecule has 1 aromatic carbocycles. The molecule has 0 bridgehead atoms. The van der Waals surface area contributed by atoms with Crippen LogP contribution >= 0.6 is 19.3 Å². The van der Waals surface area contributed by atoms with E-state index >= 15 is 0 Å². The molecule has 0 aliphatic carbocycles. The number of nitrogens with one attached hydrogen (secondary N) is 1. The molecule has 1 rings (SSSR count). The molecule has 0 spiro atoms. The van der Waals surface area contributed by atoms with Gasteiger partial charge in [0.05, 0.1) is 0 Å². The van der Waals surface area contributed by atoms with E-state index in [-0.39, 0.29) is 5.56 Å². The predicted octanol–water partition coefficient (Wildman–Crippen LogP) is 1.16. The number of halogens is 1. The summed E-state index contributed by atoms with van der Waals surface area (Å²) < 4.78 is 10.4. The Bertz CT molecular complexity index is 385. The molecule has 0 saturated carbocycles. The third kappa shape index (κ3) is 3.47. The van der Waals surface area contributed by atoms with Crippen LogP contribution in [0.4, 0.5) is 0 Å². The van der Waals surface area contributed by atoms with Crippen LogP contribution < -0.4 is 5.09 Å². The van der Waals surface area contributed by atoms with E-state index < -0.39 is 13.7 Å². The van der Waals surface area contributed by atoms with Crippen molar-refractivity contribution in [1.82, 2.24) is 5.09 Å². The molecule has 0 saturated heterocycles. The minimum Gasteiger partial charge on any atom is -0.308 e. The molecular weight excluding hydrogens is 229 g/mol. The first-order chi connectivity index (χ1) is 6.38. The fourth-order valence-corrected chi connectivity index (χ4v) is 1.32. The Hall–Kier alpha value is -0.870. The van der Waals surface area contributed by atoms with Crippen LogP contribution in [-0.2, 0) is 4.57 Å². The molecule has 1 aromatic rings. The molecule has 0 aliphatic heterocycles. The average Bonchev–Trinajstić information content (AvgIpc) is 2.02. The zero-order valence-corrected chi connectivity index (χ0v) is 8.50. The van der Waals surface area contributed by atoms with Crippen LogP contribution in [0, 0.1) is 0 Å². The first-order valence-corrected chi connectivity index (χ1v) is 5.51. The van der Waals surface area contributed by atoms with Gasteiger partial charge >= 0.3 is 7.75 Å². The van der Waals surface area contributed by atoms with E-state index in [2.05, 4.69) is 0 Å². The molecule has 0 aliphatic rings. The molecule has 0 atom stereocenters. The van der Waals surface area contributed by atoms with Crippen molar-refractivity contribution in [3.05, 3.63) is 34.9 Å². The van der Waals surface area contributed by atoms with Crippen LogP contribution in [0.5, 0.6) is 0 Å². The summed E-state index contributed by atoms with van der Waals surface area (Å²) in [6.07, 6.45) is 0. The van der Waals surface area contributed by atoms with Gasteiger partial charge in [0.1, 0.15) is 0 Å². The van der Waals surface area contributed by atoms with E-state index in [1.807, 2.05) is 0 Å². The van der Waals surface area contributed by atoms with Crippen molar-refractivity contribution in [2.45, 2.75) is 0 Å². The Kier molecular flexibility index (Phi) is 3.29. The van der Waals surface area contributed by atoms with E-state index in [9.17, 15) is 9.36 Å². The summed E-state index contributed by atoms with van der Waals surface area (Å²) in [5, 5.41) is 1.98. The Morgan fingerprint density at radius 2 is 1.79 bits per heavy atom. The molecule has 14 heavy (non-hydrogen) atoms. The maximum Gasteiger partial charge on any atom is 0.430 e. The van der Waals surface area contributed by atoms with E-state index in [4.69, 9.17) is 21.4 Å². The summed E-state index contributed by atoms with van der Waals surface area (Å²) in [5.41, 5.74) is 0.137. The van der Waals surface area contributed by atoms with Gasteiger partial charge in [-0.05, 0) is 24.3 Å². The third-order valence-electron chi connectivity index (χ3n) is 1.35. The van der Waals surface area contributed by atoms with Crippen LogP contribution in [0.25, 0.3) is 0 Å². The molecule has 1 amide bonds. The molecule has 76 valence electrons. The Balaban J connectivity index is 2.81. The van der Waals surface area contributed by atoms with Crippen LogP contribution in [-0.4, -0.2) is 15.7 Å². The SMILES string of the molecule is O=C(NP(=O)(O)O)c1ccc(Cl)cc1. The van der Waals surface area contributed by atoms with Gasteiger partial charge in [-0.1, -0.05) is 11.6 Å². The van der Waals surface area contributed by atoms with E-state index in [1.165, 1.54) is 29.4 Å². The van der Waals surface area contributed by atoms with Gasteiger partial charge in [0.25, 0.3) is 5.91 Å². The van der Waals surface area contributed by atoms with Crippen LogP contribution in [0.3, 0.4) is 0 Å². The maximum atomic E-state index is 11.1. The van der Waals surface area contributed by atoms with Gasteiger partial charge in [-0.15, -0.1) is 0 Å². The zero-order valence-electron chi connectivity index (χ0n) is 6.85. The summed E-state index contributed by atoms with van der Waals surface area (Å²) in [6, 6.07) is 5.65. The van der Waals surface area contributed by atoms with Crippen molar-refractivity contribution < 1.29 is 19.1 Å². The zero-order chi connectivity index (χ0) is 10.8. The lowest BCUT2D eigenvalue weighted by Crippen LogP contribution is -2.19. The van der Waals surface area contributed by atoms with E-state index in [0.717, 1.165) is 0 Å². The highest BCUT2D eigenvalue weighted by atomic mass is 35.5. The van der Waals surface area contributed by atoms with Crippen molar-refractivity contribution in [1.29, 1.82) is 0 Å². The lowest BCUT2D eigenvalue weighted by Gasteiger charge is -2.05.